The maximum absolute atomic E-state index is 13.0. The van der Waals surface area contributed by atoms with Crippen molar-refractivity contribution in [2.45, 2.75) is 31.8 Å². The summed E-state index contributed by atoms with van der Waals surface area (Å²) in [6, 6.07) is 7.27. The van der Waals surface area contributed by atoms with E-state index in [1.807, 2.05) is 29.6 Å². The van der Waals surface area contributed by atoms with Gasteiger partial charge in [-0.3, -0.25) is 10.1 Å². The number of nitrogen functional groups attached to an aromatic ring is 1. The zero-order valence-corrected chi connectivity index (χ0v) is 20.2. The van der Waals surface area contributed by atoms with E-state index in [-0.39, 0.29) is 29.9 Å². The Balaban J connectivity index is 1.30. The lowest BCUT2D eigenvalue weighted by molar-refractivity contribution is -0.120. The largest absolute Gasteiger partial charge is 0.393 e. The summed E-state index contributed by atoms with van der Waals surface area (Å²) in [5.41, 5.74) is 8.43. The van der Waals surface area contributed by atoms with E-state index in [0.717, 1.165) is 42.6 Å². The van der Waals surface area contributed by atoms with Gasteiger partial charge < -0.3 is 21.5 Å². The number of thiazole rings is 2. The Morgan fingerprint density at radius 1 is 1.15 bits per heavy atom. The second-order valence-corrected chi connectivity index (χ2v) is 10.6. The molecular formula is C23H26N6O3S2. The lowest BCUT2D eigenvalue weighted by Gasteiger charge is -2.24. The third kappa shape index (κ3) is 4.50. The molecule has 178 valence electrons. The molecule has 2 aromatic heterocycles. The molecule has 2 heterocycles. The molecule has 0 saturated heterocycles. The number of hydrogen-bond donors (Lipinski definition) is 5. The van der Waals surface area contributed by atoms with Crippen LogP contribution in [0.25, 0.3) is 21.1 Å². The summed E-state index contributed by atoms with van der Waals surface area (Å²) in [5, 5.41) is 21.4. The highest BCUT2D eigenvalue weighted by Crippen LogP contribution is 2.46. The van der Waals surface area contributed by atoms with Crippen LogP contribution in [0.5, 0.6) is 0 Å². The third-order valence-corrected chi connectivity index (χ3v) is 8.65. The Hall–Kier alpha value is -3.02. The maximum Gasteiger partial charge on any atom is 0.320 e. The highest BCUT2D eigenvalue weighted by atomic mass is 32.1. The molecule has 2 bridgehead atoms. The lowest BCUT2D eigenvalue weighted by Crippen LogP contribution is -2.26. The molecule has 3 amide bonds. The monoisotopic (exact) mass is 498 g/mol. The summed E-state index contributed by atoms with van der Waals surface area (Å²) in [4.78, 5) is 34.1. The first kappa shape index (κ1) is 22.8. The second kappa shape index (κ2) is 9.32. The zero-order chi connectivity index (χ0) is 23.8. The van der Waals surface area contributed by atoms with Gasteiger partial charge in [-0.25, -0.2) is 14.8 Å². The number of aliphatic hydroxyl groups is 1. The summed E-state index contributed by atoms with van der Waals surface area (Å²) in [5.74, 6) is 0.922. The number of fused-ring (bicyclic) bond motifs is 2. The van der Waals surface area contributed by atoms with Crippen molar-refractivity contribution in [1.29, 1.82) is 0 Å². The van der Waals surface area contributed by atoms with Crippen LogP contribution in [0.2, 0.25) is 0 Å². The normalized spacial score (nSPS) is 23.5. The van der Waals surface area contributed by atoms with Gasteiger partial charge in [-0.05, 0) is 49.7 Å². The molecule has 5 rings (SSSR count). The standard InChI is InChI=1S/C23H26N6O3S2/c1-25-22(32)29-23-28-19(24)18(34-23)21-27-16(10-33-21)12-3-2-4-14(8-12)26-20(31)15-9-13-7-11(15)5-6-17(13)30/h2-4,8,10-11,13,15,17,30H,5-7,9,24H2,1H3,(H,26,31)(H2,25,28,29,32)/t11-,13+,15?,17?/m1/s1. The van der Waals surface area contributed by atoms with E-state index < -0.39 is 0 Å². The molecule has 4 atom stereocenters. The van der Waals surface area contributed by atoms with Crippen LogP contribution in [0.15, 0.2) is 29.6 Å². The molecule has 2 unspecified atom stereocenters. The number of rotatable bonds is 5. The van der Waals surface area contributed by atoms with E-state index in [1.165, 1.54) is 29.7 Å². The van der Waals surface area contributed by atoms with Crippen molar-refractivity contribution in [3.8, 4) is 21.1 Å². The van der Waals surface area contributed by atoms with Crippen LogP contribution in [-0.2, 0) is 4.79 Å². The average molecular weight is 499 g/mol. The highest BCUT2D eigenvalue weighted by molar-refractivity contribution is 7.23. The lowest BCUT2D eigenvalue weighted by atomic mass is 9.85. The molecule has 0 spiro atoms. The van der Waals surface area contributed by atoms with Crippen LogP contribution >= 0.6 is 22.7 Å². The molecular weight excluding hydrogens is 472 g/mol. The Kier molecular flexibility index (Phi) is 6.24. The number of nitrogens with two attached hydrogens (primary N) is 1. The molecule has 3 aromatic rings. The van der Waals surface area contributed by atoms with Crippen molar-refractivity contribution in [3.05, 3.63) is 29.6 Å². The quantitative estimate of drug-likeness (QED) is 0.360. The number of nitrogens with one attached hydrogen (secondary N) is 3. The molecule has 34 heavy (non-hydrogen) atoms. The number of carbonyl (C=O) groups excluding carboxylic acids is 2. The zero-order valence-electron chi connectivity index (χ0n) is 18.6. The Bertz CT molecular complexity index is 1230. The minimum absolute atomic E-state index is 0.0336. The van der Waals surface area contributed by atoms with Crippen molar-refractivity contribution in [1.82, 2.24) is 15.3 Å². The van der Waals surface area contributed by atoms with Crippen molar-refractivity contribution in [2.75, 3.05) is 23.4 Å². The summed E-state index contributed by atoms with van der Waals surface area (Å²) < 4.78 is 0. The van der Waals surface area contributed by atoms with Gasteiger partial charge in [0.1, 0.15) is 15.7 Å². The van der Waals surface area contributed by atoms with Gasteiger partial charge in [-0.1, -0.05) is 23.5 Å². The van der Waals surface area contributed by atoms with Gasteiger partial charge in [-0.15, -0.1) is 11.3 Å². The van der Waals surface area contributed by atoms with Gasteiger partial charge in [0.05, 0.1) is 11.8 Å². The van der Waals surface area contributed by atoms with E-state index in [4.69, 9.17) is 10.7 Å². The Morgan fingerprint density at radius 2 is 2.00 bits per heavy atom. The van der Waals surface area contributed by atoms with Crippen LogP contribution in [0.1, 0.15) is 25.7 Å². The fourth-order valence-electron chi connectivity index (χ4n) is 4.94. The van der Waals surface area contributed by atoms with E-state index >= 15 is 0 Å². The molecule has 2 aliphatic carbocycles. The van der Waals surface area contributed by atoms with Crippen LogP contribution in [0.4, 0.5) is 21.4 Å². The minimum Gasteiger partial charge on any atom is -0.393 e. The van der Waals surface area contributed by atoms with Crippen LogP contribution in [0, 0.1) is 17.8 Å². The number of carbonyl (C=O) groups is 2. The van der Waals surface area contributed by atoms with Crippen molar-refractivity contribution >= 4 is 51.2 Å². The average Bonchev–Trinajstić information content (AvgIpc) is 3.54. The smallest absolute Gasteiger partial charge is 0.320 e. The summed E-state index contributed by atoms with van der Waals surface area (Å²) in [7, 11) is 1.53. The minimum atomic E-state index is -0.365. The van der Waals surface area contributed by atoms with Crippen LogP contribution in [0.3, 0.4) is 0 Å². The SMILES string of the molecule is CNC(=O)Nc1nc(N)c(-c2nc(-c3cccc(NC(=O)C4C[C@@H]5C[C@H]4CCC5O)c3)cs2)s1. The molecule has 1 aromatic carbocycles. The van der Waals surface area contributed by atoms with E-state index in [1.54, 1.807) is 0 Å². The maximum atomic E-state index is 13.0. The first-order valence-electron chi connectivity index (χ1n) is 11.2. The molecule has 0 radical (unpaired) electrons. The number of nitrogens with zero attached hydrogens (tertiary/aromatic N) is 2. The second-order valence-electron chi connectivity index (χ2n) is 8.79. The topological polar surface area (TPSA) is 142 Å². The van der Waals surface area contributed by atoms with Crippen molar-refractivity contribution < 1.29 is 14.7 Å². The summed E-state index contributed by atoms with van der Waals surface area (Å²) in [6.45, 7) is 0. The van der Waals surface area contributed by atoms with E-state index in [9.17, 15) is 14.7 Å². The Labute approximate surface area is 204 Å². The van der Waals surface area contributed by atoms with E-state index in [2.05, 4.69) is 20.9 Å². The number of urea groups is 1. The third-order valence-electron chi connectivity index (χ3n) is 6.67. The number of benzene rings is 1. The molecule has 2 aliphatic rings. The van der Waals surface area contributed by atoms with Crippen LogP contribution < -0.4 is 21.7 Å². The molecule has 6 N–H and O–H groups in total. The van der Waals surface area contributed by atoms with E-state index in [0.29, 0.717) is 26.8 Å². The fourth-order valence-corrected chi connectivity index (χ4v) is 6.75. The summed E-state index contributed by atoms with van der Waals surface area (Å²) in [6.07, 6.45) is 3.16. The van der Waals surface area contributed by atoms with Crippen molar-refractivity contribution in [3.63, 3.8) is 0 Å². The van der Waals surface area contributed by atoms with Gasteiger partial charge in [0.2, 0.25) is 5.91 Å². The molecule has 0 aliphatic heterocycles. The van der Waals surface area contributed by atoms with Crippen molar-refractivity contribution in [2.24, 2.45) is 17.8 Å². The Morgan fingerprint density at radius 3 is 2.79 bits per heavy atom. The molecule has 2 saturated carbocycles. The number of hydrogen-bond acceptors (Lipinski definition) is 8. The predicted molar refractivity (Wildman–Crippen MR) is 135 cm³/mol. The number of anilines is 3. The van der Waals surface area contributed by atoms with Gasteiger partial charge in [-0.2, -0.15) is 0 Å². The molecule has 9 nitrogen and oxygen atoms in total. The molecule has 2 fully saturated rings. The fraction of sp³-hybridized carbons (Fsp3) is 0.391. The molecule has 11 heteroatoms. The predicted octanol–water partition coefficient (Wildman–Crippen LogP) is 4.00. The van der Waals surface area contributed by atoms with Gasteiger partial charge in [0.25, 0.3) is 0 Å². The first-order valence-corrected chi connectivity index (χ1v) is 12.9. The number of aliphatic hydroxyl groups excluding tert-OH is 1. The van der Waals surface area contributed by atoms with Gasteiger partial charge in [0.15, 0.2) is 5.13 Å². The van der Waals surface area contributed by atoms with Gasteiger partial charge in [0, 0.05) is 29.6 Å². The highest BCUT2D eigenvalue weighted by Gasteiger charge is 2.44. The number of amides is 3. The summed E-state index contributed by atoms with van der Waals surface area (Å²) >= 11 is 2.70. The number of aromatic nitrogens is 2. The van der Waals surface area contributed by atoms with Crippen LogP contribution in [-0.4, -0.2) is 40.2 Å². The van der Waals surface area contributed by atoms with Gasteiger partial charge >= 0.3 is 6.03 Å². The first-order chi connectivity index (χ1) is 16.4.